The number of phenolic OH excluding ortho intramolecular Hbond substituents is 2. The summed E-state index contributed by atoms with van der Waals surface area (Å²) in [5.41, 5.74) is -0.508. The number of carbonyl (C=O) groups is 2. The van der Waals surface area contributed by atoms with Gasteiger partial charge < -0.3 is 50.0 Å². The molecule has 1 amide bonds. The second kappa shape index (κ2) is 16.4. The Morgan fingerprint density at radius 3 is 2.17 bits per heavy atom. The molecule has 316 valence electrons. The first-order chi connectivity index (χ1) is 27.3. The zero-order valence-electron chi connectivity index (χ0n) is 35.2. The van der Waals surface area contributed by atoms with Crippen molar-refractivity contribution in [3.8, 4) is 17.2 Å². The maximum atomic E-state index is 14.6. The van der Waals surface area contributed by atoms with Crippen molar-refractivity contribution in [1.82, 2.24) is 4.90 Å². The number of amides is 1. The fraction of sp³-hybridized carbons (Fsp3) is 0.591. The lowest BCUT2D eigenvalue weighted by molar-refractivity contribution is -0.112. The molecule has 6 rings (SSSR count). The predicted octanol–water partition coefficient (Wildman–Crippen LogP) is 4.18. The van der Waals surface area contributed by atoms with E-state index in [1.54, 1.807) is 65.8 Å². The number of carbonyl (C=O) groups excluding carboxylic acids is 2. The Hall–Kier alpha value is -4.34. The Morgan fingerprint density at radius 1 is 0.914 bits per heavy atom. The van der Waals surface area contributed by atoms with Crippen LogP contribution in [-0.2, 0) is 14.3 Å². The average Bonchev–Trinajstić information content (AvgIpc) is 3.69. The van der Waals surface area contributed by atoms with Crippen molar-refractivity contribution >= 4 is 28.2 Å². The van der Waals surface area contributed by atoms with Crippen LogP contribution in [0.25, 0.3) is 10.8 Å². The monoisotopic (exact) mass is 804 g/mol. The highest BCUT2D eigenvalue weighted by atomic mass is 16.7. The van der Waals surface area contributed by atoms with Crippen molar-refractivity contribution in [2.75, 3.05) is 32.1 Å². The number of aliphatic hydroxyl groups is 3. The molecule has 6 N–H and O–H groups in total. The maximum Gasteiger partial charge on any atom is 0.312 e. The van der Waals surface area contributed by atoms with Gasteiger partial charge in [-0.25, -0.2) is 0 Å². The van der Waals surface area contributed by atoms with Crippen LogP contribution in [0.3, 0.4) is 0 Å². The van der Waals surface area contributed by atoms with E-state index in [4.69, 9.17) is 24.2 Å². The minimum absolute atomic E-state index is 0.0467. The number of ether oxygens (including phenoxy) is 3. The number of methoxy groups -OCH3 is 1. The molecule has 0 aliphatic carbocycles. The van der Waals surface area contributed by atoms with E-state index in [2.05, 4.69) is 24.1 Å². The number of fused-ring (bicyclic) bond motifs is 1. The third kappa shape index (κ3) is 7.65. The molecule has 0 saturated carbocycles. The standard InChI is InChI=1S/C44H60N4O10/c1-21(2)20-48-17-15-44(16-18-48)46-32-29-30-38(52)27(8)40-31(29)41(54)43(9,58-40)57-19-14-28(56-10)24(5)36(50)26(7)37(51)25(6)35(49)22(3)12-11-13-23(4)42(55)45-34(39(30)53)33(32)47-44/h11-14,19,21-22,24-26,28,35-37,49-53H,15-18,20H2,1-10H3,(H,45,55)/b12-11+,19-14+,23-13-/t22-,24+,25+,26-,28-,35-,36+,37+,43-/m0/s1. The second-order valence-electron chi connectivity index (χ2n) is 17.4. The molecule has 0 unspecified atom stereocenters. The van der Waals surface area contributed by atoms with Crippen LogP contribution >= 0.6 is 0 Å². The van der Waals surface area contributed by atoms with Gasteiger partial charge in [-0.05, 0) is 25.8 Å². The number of benzene rings is 2. The molecular formula is C44H60N4O10. The zero-order chi connectivity index (χ0) is 42.6. The quantitative estimate of drug-likeness (QED) is 0.243. The van der Waals surface area contributed by atoms with E-state index in [9.17, 15) is 35.1 Å². The van der Waals surface area contributed by atoms with E-state index in [0.29, 0.717) is 31.8 Å². The SMILES string of the molecule is CO[C@H]1/C=C/O[C@@]2(C)Oc3c(C)c(O)c4c(O)c(c5c(c4c3C2=O)=NC2(CCN(CC(C)C)CC2)N=5)NC(=O)/C(C)=C\C=C\[C@H](C)[C@H](O)[C@@H](C)[C@@H](O)[C@@H](C)[C@H](O)[C@@H]1C. The molecule has 1 fully saturated rings. The number of aromatic hydroxyl groups is 2. The summed E-state index contributed by atoms with van der Waals surface area (Å²) in [6.45, 7) is 18.2. The first-order valence-corrected chi connectivity index (χ1v) is 20.3. The van der Waals surface area contributed by atoms with Crippen molar-refractivity contribution in [2.45, 2.75) is 111 Å². The van der Waals surface area contributed by atoms with Gasteiger partial charge in [0.15, 0.2) is 11.4 Å². The third-order valence-electron chi connectivity index (χ3n) is 12.6. The molecule has 0 aromatic heterocycles. The molecule has 14 nitrogen and oxygen atoms in total. The van der Waals surface area contributed by atoms with Crippen molar-refractivity contribution in [3.63, 3.8) is 0 Å². The number of allylic oxidation sites excluding steroid dienone is 2. The van der Waals surface area contributed by atoms with Crippen molar-refractivity contribution in [1.29, 1.82) is 0 Å². The number of Topliss-reactive ketones (excluding diaryl/α,β-unsaturated/α-hetero) is 1. The van der Waals surface area contributed by atoms with Gasteiger partial charge in [-0.2, -0.15) is 0 Å². The predicted molar refractivity (Wildman–Crippen MR) is 218 cm³/mol. The fourth-order valence-electron chi connectivity index (χ4n) is 8.81. The lowest BCUT2D eigenvalue weighted by Crippen LogP contribution is -2.44. The number of rotatable bonds is 3. The van der Waals surface area contributed by atoms with Gasteiger partial charge in [-0.15, -0.1) is 0 Å². The minimum atomic E-state index is -1.93. The summed E-state index contributed by atoms with van der Waals surface area (Å²) in [6, 6.07) is 0. The molecule has 0 radical (unpaired) electrons. The molecule has 2 aromatic carbocycles. The molecule has 9 atom stereocenters. The van der Waals surface area contributed by atoms with Gasteiger partial charge in [0.2, 0.25) is 0 Å². The Morgan fingerprint density at radius 2 is 1.53 bits per heavy atom. The highest BCUT2D eigenvalue weighted by Crippen LogP contribution is 2.50. The topological polar surface area (TPSA) is 203 Å². The molecular weight excluding hydrogens is 745 g/mol. The summed E-state index contributed by atoms with van der Waals surface area (Å²) in [6.07, 6.45) is 4.98. The van der Waals surface area contributed by atoms with Crippen LogP contribution in [0.2, 0.25) is 0 Å². The number of anilines is 1. The van der Waals surface area contributed by atoms with Gasteiger partial charge in [0, 0.05) is 86.7 Å². The van der Waals surface area contributed by atoms with E-state index in [1.807, 2.05) is 0 Å². The first-order valence-electron chi connectivity index (χ1n) is 20.3. The first kappa shape index (κ1) is 43.2. The number of piperidine rings is 1. The molecule has 4 bridgehead atoms. The molecule has 1 saturated heterocycles. The number of nitrogens with one attached hydrogen (secondary N) is 1. The number of hydrogen-bond donors (Lipinski definition) is 6. The van der Waals surface area contributed by atoms with Gasteiger partial charge in [0.1, 0.15) is 22.5 Å². The number of ketones is 1. The van der Waals surface area contributed by atoms with Crippen LogP contribution in [0.4, 0.5) is 5.69 Å². The van der Waals surface area contributed by atoms with E-state index in [1.165, 1.54) is 20.3 Å². The van der Waals surface area contributed by atoms with Crippen LogP contribution in [0.5, 0.6) is 17.2 Å². The molecule has 4 aliphatic rings. The summed E-state index contributed by atoms with van der Waals surface area (Å²) >= 11 is 0. The molecule has 14 heteroatoms. The Labute approximate surface area is 339 Å². The highest BCUT2D eigenvalue weighted by Gasteiger charge is 2.50. The largest absolute Gasteiger partial charge is 0.507 e. The molecule has 4 heterocycles. The van der Waals surface area contributed by atoms with Crippen LogP contribution in [0.1, 0.15) is 84.2 Å². The smallest absolute Gasteiger partial charge is 0.312 e. The molecule has 58 heavy (non-hydrogen) atoms. The normalized spacial score (nSPS) is 33.9. The van der Waals surface area contributed by atoms with Crippen molar-refractivity contribution in [2.24, 2.45) is 39.6 Å². The van der Waals surface area contributed by atoms with Gasteiger partial charge in [-0.3, -0.25) is 19.6 Å². The number of nitrogens with zero attached hydrogens (tertiary/aromatic N) is 3. The summed E-state index contributed by atoms with van der Waals surface area (Å²) in [5, 5.41) is 61.1. The third-order valence-corrected chi connectivity index (χ3v) is 12.6. The van der Waals surface area contributed by atoms with E-state index < -0.39 is 77.0 Å². The summed E-state index contributed by atoms with van der Waals surface area (Å²) in [5.74, 6) is -5.71. The maximum absolute atomic E-state index is 14.6. The number of hydrogen-bond acceptors (Lipinski definition) is 13. The minimum Gasteiger partial charge on any atom is -0.507 e. The molecule has 1 spiro atoms. The number of phenols is 2. The number of aliphatic hydroxyl groups excluding tert-OH is 3. The molecule has 2 aromatic rings. The zero-order valence-corrected chi connectivity index (χ0v) is 35.2. The number of likely N-dealkylation sites (tertiary alicyclic amines) is 1. The fourth-order valence-corrected chi connectivity index (χ4v) is 8.81. The lowest BCUT2D eigenvalue weighted by atomic mass is 9.78. The molecule has 4 aliphatic heterocycles. The second-order valence-corrected chi connectivity index (χ2v) is 17.4. The van der Waals surface area contributed by atoms with E-state index in [0.717, 1.165) is 6.54 Å². The van der Waals surface area contributed by atoms with Crippen LogP contribution in [0.15, 0.2) is 46.1 Å². The van der Waals surface area contributed by atoms with Crippen LogP contribution < -0.4 is 20.8 Å². The van der Waals surface area contributed by atoms with E-state index >= 15 is 0 Å². The van der Waals surface area contributed by atoms with Gasteiger partial charge >= 0.3 is 5.79 Å². The van der Waals surface area contributed by atoms with E-state index in [-0.39, 0.29) is 55.4 Å². The van der Waals surface area contributed by atoms with Crippen molar-refractivity contribution < 1.29 is 49.3 Å². The van der Waals surface area contributed by atoms with Gasteiger partial charge in [0.05, 0.1) is 47.0 Å². The highest BCUT2D eigenvalue weighted by molar-refractivity contribution is 6.19. The summed E-state index contributed by atoms with van der Waals surface area (Å²) in [7, 11) is 1.47. The van der Waals surface area contributed by atoms with Gasteiger partial charge in [0.25, 0.3) is 11.7 Å². The Balaban J connectivity index is 1.54. The van der Waals surface area contributed by atoms with Gasteiger partial charge in [-0.1, -0.05) is 59.8 Å². The summed E-state index contributed by atoms with van der Waals surface area (Å²) < 4.78 is 18.0. The van der Waals surface area contributed by atoms with Crippen LogP contribution in [-0.4, -0.2) is 105 Å². The van der Waals surface area contributed by atoms with Crippen molar-refractivity contribution in [3.05, 3.63) is 58.0 Å². The summed E-state index contributed by atoms with van der Waals surface area (Å²) in [4.78, 5) is 41.1. The Bertz CT molecular complexity index is 2170. The Kier molecular flexibility index (Phi) is 12.2. The van der Waals surface area contributed by atoms with Crippen LogP contribution in [0, 0.1) is 36.5 Å². The lowest BCUT2D eigenvalue weighted by Gasteiger charge is -2.36. The average molecular weight is 805 g/mol.